The maximum atomic E-state index is 11.6. The Morgan fingerprint density at radius 1 is 1.26 bits per heavy atom. The normalized spacial score (nSPS) is 10.5. The maximum Gasteiger partial charge on any atom is 0.258 e. The lowest BCUT2D eigenvalue weighted by Gasteiger charge is -2.20. The van der Waals surface area contributed by atoms with Gasteiger partial charge in [0.1, 0.15) is 5.75 Å². The van der Waals surface area contributed by atoms with Gasteiger partial charge in [0.2, 0.25) is 0 Å². The molecule has 0 radical (unpaired) electrons. The number of carbonyl (C=O) groups excluding carboxylic acids is 1. The van der Waals surface area contributed by atoms with E-state index < -0.39 is 0 Å². The highest BCUT2D eigenvalue weighted by Gasteiger charge is 2.14. The number of hydrogen-bond donors (Lipinski definition) is 2. The van der Waals surface area contributed by atoms with Crippen molar-refractivity contribution in [1.82, 2.24) is 10.6 Å². The highest BCUT2D eigenvalue weighted by atomic mass is 35.5. The number of ether oxygens (including phenoxy) is 1. The Morgan fingerprint density at radius 3 is 2.47 bits per heavy atom. The zero-order chi connectivity index (χ0) is 13.6. The van der Waals surface area contributed by atoms with Crippen LogP contribution in [0.2, 0.25) is 0 Å². The van der Waals surface area contributed by atoms with Gasteiger partial charge in [-0.25, -0.2) is 0 Å². The fourth-order valence-corrected chi connectivity index (χ4v) is 1.58. The molecule has 1 rings (SSSR count). The minimum absolute atomic E-state index is 0. The van der Waals surface area contributed by atoms with Crippen molar-refractivity contribution < 1.29 is 9.53 Å². The summed E-state index contributed by atoms with van der Waals surface area (Å²) in [6.07, 6.45) is 0. The number of amides is 1. The van der Waals surface area contributed by atoms with Gasteiger partial charge in [-0.05, 0) is 33.9 Å². The van der Waals surface area contributed by atoms with Gasteiger partial charge in [0.25, 0.3) is 5.91 Å². The van der Waals surface area contributed by atoms with Crippen LogP contribution < -0.4 is 15.4 Å². The van der Waals surface area contributed by atoms with Gasteiger partial charge in [0, 0.05) is 17.6 Å². The summed E-state index contributed by atoms with van der Waals surface area (Å²) in [5, 5.41) is 5.93. The Kier molecular flexibility index (Phi) is 7.49. The molecule has 5 heteroatoms. The molecule has 0 atom stereocenters. The topological polar surface area (TPSA) is 50.4 Å². The molecule has 0 heterocycles. The zero-order valence-electron chi connectivity index (χ0n) is 11.9. The van der Waals surface area contributed by atoms with Crippen LogP contribution in [0, 0.1) is 0 Å². The fourth-order valence-electron chi connectivity index (χ4n) is 1.58. The van der Waals surface area contributed by atoms with Crippen molar-refractivity contribution in [3.05, 3.63) is 29.8 Å². The molecule has 1 amide bonds. The predicted molar refractivity (Wildman–Crippen MR) is 79.8 cm³/mol. The van der Waals surface area contributed by atoms with Gasteiger partial charge in [-0.2, -0.15) is 0 Å². The van der Waals surface area contributed by atoms with Gasteiger partial charge in [-0.3, -0.25) is 4.79 Å². The largest absolute Gasteiger partial charge is 0.483 e. The van der Waals surface area contributed by atoms with Crippen LogP contribution in [0.1, 0.15) is 26.3 Å². The van der Waals surface area contributed by atoms with Crippen molar-refractivity contribution in [3.63, 3.8) is 0 Å². The number of halogens is 1. The van der Waals surface area contributed by atoms with Crippen molar-refractivity contribution in [3.8, 4) is 5.75 Å². The molecule has 1 aromatic carbocycles. The summed E-state index contributed by atoms with van der Waals surface area (Å²) < 4.78 is 5.55. The second kappa shape index (κ2) is 8.02. The molecule has 0 saturated heterocycles. The van der Waals surface area contributed by atoms with E-state index >= 15 is 0 Å². The van der Waals surface area contributed by atoms with E-state index in [9.17, 15) is 4.79 Å². The lowest BCUT2D eigenvalue weighted by atomic mass is 10.1. The average Bonchev–Trinajstić information content (AvgIpc) is 2.26. The predicted octanol–water partition coefficient (Wildman–Crippen LogP) is 2.12. The van der Waals surface area contributed by atoms with Crippen LogP contribution in [-0.2, 0) is 11.3 Å². The number of rotatable bonds is 5. The monoisotopic (exact) mass is 286 g/mol. The van der Waals surface area contributed by atoms with E-state index in [0.29, 0.717) is 0 Å². The summed E-state index contributed by atoms with van der Waals surface area (Å²) in [5.41, 5.74) is 0.814. The van der Waals surface area contributed by atoms with Crippen molar-refractivity contribution in [1.29, 1.82) is 0 Å². The van der Waals surface area contributed by atoms with Gasteiger partial charge in [0.15, 0.2) is 6.61 Å². The molecule has 0 aliphatic carbocycles. The van der Waals surface area contributed by atoms with Gasteiger partial charge in [0.05, 0.1) is 0 Å². The average molecular weight is 287 g/mol. The maximum absolute atomic E-state index is 11.6. The Morgan fingerprint density at radius 2 is 1.89 bits per heavy atom. The lowest BCUT2D eigenvalue weighted by molar-refractivity contribution is -0.124. The third-order valence-electron chi connectivity index (χ3n) is 2.21. The molecule has 108 valence electrons. The Balaban J connectivity index is 0.00000324. The molecule has 0 aromatic heterocycles. The van der Waals surface area contributed by atoms with E-state index in [1.807, 2.05) is 52.1 Å². The van der Waals surface area contributed by atoms with E-state index in [1.54, 1.807) is 0 Å². The summed E-state index contributed by atoms with van der Waals surface area (Å²) in [5.74, 6) is 0.637. The van der Waals surface area contributed by atoms with Crippen molar-refractivity contribution in [2.75, 3.05) is 13.7 Å². The fraction of sp³-hybridized carbons (Fsp3) is 0.500. The van der Waals surface area contributed by atoms with E-state index in [1.165, 1.54) is 0 Å². The van der Waals surface area contributed by atoms with Crippen LogP contribution >= 0.6 is 12.4 Å². The molecule has 0 aliphatic heterocycles. The molecule has 0 bridgehead atoms. The van der Waals surface area contributed by atoms with Gasteiger partial charge >= 0.3 is 0 Å². The van der Waals surface area contributed by atoms with Gasteiger partial charge < -0.3 is 15.4 Å². The third-order valence-corrected chi connectivity index (χ3v) is 2.21. The molecule has 0 unspecified atom stereocenters. The lowest BCUT2D eigenvalue weighted by Crippen LogP contribution is -2.43. The van der Waals surface area contributed by atoms with Crippen LogP contribution in [-0.4, -0.2) is 25.1 Å². The van der Waals surface area contributed by atoms with Gasteiger partial charge in [-0.1, -0.05) is 18.2 Å². The van der Waals surface area contributed by atoms with Crippen LogP contribution in [0.3, 0.4) is 0 Å². The van der Waals surface area contributed by atoms with Crippen molar-refractivity contribution in [2.45, 2.75) is 32.9 Å². The molecule has 19 heavy (non-hydrogen) atoms. The summed E-state index contributed by atoms with van der Waals surface area (Å²) in [6, 6.07) is 7.70. The standard InChI is InChI=1S/C14H22N2O2.ClH/c1-14(2,3)16-13(17)10-18-12-8-6-5-7-11(12)9-15-4;/h5-8,15H,9-10H2,1-4H3,(H,16,17);1H. The minimum Gasteiger partial charge on any atom is -0.483 e. The molecule has 4 nitrogen and oxygen atoms in total. The number of nitrogens with one attached hydrogen (secondary N) is 2. The smallest absolute Gasteiger partial charge is 0.258 e. The molecule has 2 N–H and O–H groups in total. The quantitative estimate of drug-likeness (QED) is 0.872. The summed E-state index contributed by atoms with van der Waals surface area (Å²) >= 11 is 0. The van der Waals surface area contributed by atoms with E-state index in [-0.39, 0.29) is 30.5 Å². The molecule has 0 saturated carbocycles. The molecule has 1 aromatic rings. The summed E-state index contributed by atoms with van der Waals surface area (Å²) in [6.45, 7) is 6.59. The highest BCUT2D eigenvalue weighted by Crippen LogP contribution is 2.17. The SMILES string of the molecule is CNCc1ccccc1OCC(=O)NC(C)(C)C.Cl. The summed E-state index contributed by atoms with van der Waals surface area (Å²) in [4.78, 5) is 11.6. The Bertz CT molecular complexity index is 403. The highest BCUT2D eigenvalue weighted by molar-refractivity contribution is 5.85. The number of para-hydroxylation sites is 1. The second-order valence-corrected chi connectivity index (χ2v) is 5.22. The minimum atomic E-state index is -0.231. The number of carbonyl (C=O) groups is 1. The first-order valence-corrected chi connectivity index (χ1v) is 6.08. The first kappa shape index (κ1) is 17.7. The first-order chi connectivity index (χ1) is 8.42. The number of benzene rings is 1. The molecular formula is C14H23ClN2O2. The van der Waals surface area contributed by atoms with Crippen LogP contribution in [0.25, 0.3) is 0 Å². The molecule has 0 spiro atoms. The zero-order valence-corrected chi connectivity index (χ0v) is 12.8. The number of hydrogen-bond acceptors (Lipinski definition) is 3. The van der Waals surface area contributed by atoms with E-state index in [2.05, 4.69) is 10.6 Å². The van der Waals surface area contributed by atoms with Crippen LogP contribution in [0.15, 0.2) is 24.3 Å². The first-order valence-electron chi connectivity index (χ1n) is 6.08. The molecular weight excluding hydrogens is 264 g/mol. The van der Waals surface area contributed by atoms with Crippen LogP contribution in [0.5, 0.6) is 5.75 Å². The molecule has 0 fully saturated rings. The van der Waals surface area contributed by atoms with E-state index in [4.69, 9.17) is 4.74 Å². The second-order valence-electron chi connectivity index (χ2n) is 5.22. The Hall–Kier alpha value is -1.26. The third kappa shape index (κ3) is 7.03. The van der Waals surface area contributed by atoms with E-state index in [0.717, 1.165) is 17.9 Å². The van der Waals surface area contributed by atoms with Crippen LogP contribution in [0.4, 0.5) is 0 Å². The molecule has 0 aliphatic rings. The van der Waals surface area contributed by atoms with Crippen molar-refractivity contribution >= 4 is 18.3 Å². The van der Waals surface area contributed by atoms with Crippen molar-refractivity contribution in [2.24, 2.45) is 0 Å². The summed E-state index contributed by atoms with van der Waals surface area (Å²) in [7, 11) is 1.88. The van der Waals surface area contributed by atoms with Gasteiger partial charge in [-0.15, -0.1) is 12.4 Å². The Labute approximate surface area is 121 Å².